The van der Waals surface area contributed by atoms with Gasteiger partial charge in [-0.2, -0.15) is 4.31 Å². The summed E-state index contributed by atoms with van der Waals surface area (Å²) >= 11 is 3.10. The molecule has 1 aliphatic heterocycles. The highest BCUT2D eigenvalue weighted by molar-refractivity contribution is 9.10. The maximum Gasteiger partial charge on any atom is 0.246 e. The lowest BCUT2D eigenvalue weighted by Gasteiger charge is -2.21. The topological polar surface area (TPSA) is 63.4 Å². The summed E-state index contributed by atoms with van der Waals surface area (Å²) in [6.45, 7) is 2.99. The van der Waals surface area contributed by atoms with E-state index in [9.17, 15) is 12.8 Å². The Morgan fingerprint density at radius 2 is 2.10 bits per heavy atom. The zero-order valence-electron chi connectivity index (χ0n) is 12.0. The van der Waals surface area contributed by atoms with Gasteiger partial charge in [-0.1, -0.05) is 13.3 Å². The van der Waals surface area contributed by atoms with Crippen molar-refractivity contribution in [3.63, 3.8) is 0 Å². The molecule has 0 amide bonds. The van der Waals surface area contributed by atoms with E-state index in [4.69, 9.17) is 5.73 Å². The van der Waals surface area contributed by atoms with Gasteiger partial charge in [-0.25, -0.2) is 12.8 Å². The Balaban J connectivity index is 2.32. The van der Waals surface area contributed by atoms with Crippen molar-refractivity contribution in [1.29, 1.82) is 0 Å². The zero-order chi connectivity index (χ0) is 15.6. The van der Waals surface area contributed by atoms with Crippen molar-refractivity contribution in [1.82, 2.24) is 4.31 Å². The molecule has 4 nitrogen and oxygen atoms in total. The fourth-order valence-electron chi connectivity index (χ4n) is 2.67. The van der Waals surface area contributed by atoms with E-state index in [-0.39, 0.29) is 10.6 Å². The van der Waals surface area contributed by atoms with Crippen molar-refractivity contribution >= 4 is 31.6 Å². The first-order valence-corrected chi connectivity index (χ1v) is 9.34. The summed E-state index contributed by atoms with van der Waals surface area (Å²) in [4.78, 5) is -0.335. The van der Waals surface area contributed by atoms with Crippen LogP contribution in [0.3, 0.4) is 0 Å². The maximum atomic E-state index is 14.0. The van der Waals surface area contributed by atoms with Gasteiger partial charge in [0.1, 0.15) is 10.7 Å². The number of rotatable bonds is 3. The number of hydrogen-bond acceptors (Lipinski definition) is 3. The lowest BCUT2D eigenvalue weighted by atomic mass is 9.98. The van der Waals surface area contributed by atoms with E-state index < -0.39 is 15.8 Å². The van der Waals surface area contributed by atoms with Crippen LogP contribution in [0.15, 0.2) is 21.5 Å². The SMILES string of the molecule is CCC1CCCN(S(=O)(=O)c2cc(N)c(Br)cc2F)CC1. The molecule has 1 heterocycles. The number of sulfonamides is 1. The summed E-state index contributed by atoms with van der Waals surface area (Å²) < 4.78 is 41.0. The van der Waals surface area contributed by atoms with Gasteiger partial charge in [0.05, 0.1) is 0 Å². The molecule has 1 aromatic carbocycles. The molecule has 1 aromatic rings. The summed E-state index contributed by atoms with van der Waals surface area (Å²) in [6.07, 6.45) is 3.70. The van der Waals surface area contributed by atoms with Gasteiger partial charge in [0, 0.05) is 23.2 Å². The molecular weight excluding hydrogens is 359 g/mol. The van der Waals surface area contributed by atoms with Crippen molar-refractivity contribution in [3.8, 4) is 0 Å². The van der Waals surface area contributed by atoms with Crippen molar-refractivity contribution in [2.24, 2.45) is 5.92 Å². The Hall–Kier alpha value is -0.660. The van der Waals surface area contributed by atoms with E-state index in [0.717, 1.165) is 31.7 Å². The summed E-state index contributed by atoms with van der Waals surface area (Å²) in [5, 5.41) is 0. The Bertz CT molecular complexity index is 622. The van der Waals surface area contributed by atoms with Crippen molar-refractivity contribution in [2.75, 3.05) is 18.8 Å². The molecule has 0 spiro atoms. The lowest BCUT2D eigenvalue weighted by molar-refractivity contribution is 0.405. The largest absolute Gasteiger partial charge is 0.398 e. The number of anilines is 1. The van der Waals surface area contributed by atoms with E-state index in [1.807, 2.05) is 0 Å². The molecule has 2 N–H and O–H groups in total. The first kappa shape index (κ1) is 16.7. The molecule has 1 atom stereocenters. The molecule has 118 valence electrons. The van der Waals surface area contributed by atoms with Gasteiger partial charge in [-0.3, -0.25) is 0 Å². The minimum atomic E-state index is -3.83. The summed E-state index contributed by atoms with van der Waals surface area (Å²) in [6, 6.07) is 2.30. The molecule has 1 aliphatic rings. The van der Waals surface area contributed by atoms with Crippen molar-refractivity contribution in [2.45, 2.75) is 37.5 Å². The van der Waals surface area contributed by atoms with Crippen LogP contribution in [0.2, 0.25) is 0 Å². The summed E-state index contributed by atoms with van der Waals surface area (Å²) in [5.74, 6) is -0.225. The van der Waals surface area contributed by atoms with Gasteiger partial charge in [0.25, 0.3) is 0 Å². The molecular formula is C14H20BrFN2O2S. The number of nitrogens with zero attached hydrogens (tertiary/aromatic N) is 1. The summed E-state index contributed by atoms with van der Waals surface area (Å²) in [7, 11) is -3.83. The second-order valence-corrected chi connectivity index (χ2v) is 8.17. The number of halogens is 2. The lowest BCUT2D eigenvalue weighted by Crippen LogP contribution is -2.32. The maximum absolute atomic E-state index is 14.0. The Morgan fingerprint density at radius 3 is 2.76 bits per heavy atom. The third-order valence-electron chi connectivity index (χ3n) is 4.05. The first-order valence-electron chi connectivity index (χ1n) is 7.11. The van der Waals surface area contributed by atoms with Crippen LogP contribution in [0.25, 0.3) is 0 Å². The molecule has 7 heteroatoms. The first-order chi connectivity index (χ1) is 9.86. The number of benzene rings is 1. The van der Waals surface area contributed by atoms with Crippen molar-refractivity contribution < 1.29 is 12.8 Å². The van der Waals surface area contributed by atoms with Gasteiger partial charge < -0.3 is 5.73 Å². The van der Waals surface area contributed by atoms with E-state index in [0.29, 0.717) is 23.5 Å². The van der Waals surface area contributed by atoms with E-state index in [1.54, 1.807) is 0 Å². The van der Waals surface area contributed by atoms with Gasteiger partial charge in [0.15, 0.2) is 0 Å². The minimum absolute atomic E-state index is 0.219. The van der Waals surface area contributed by atoms with Crippen LogP contribution in [-0.2, 0) is 10.0 Å². The normalized spacial score (nSPS) is 21.2. The van der Waals surface area contributed by atoms with Crippen LogP contribution in [-0.4, -0.2) is 25.8 Å². The highest BCUT2D eigenvalue weighted by Crippen LogP contribution is 2.30. The molecule has 1 fully saturated rings. The van der Waals surface area contributed by atoms with Crippen LogP contribution in [0.5, 0.6) is 0 Å². The third-order valence-corrected chi connectivity index (χ3v) is 6.65. The van der Waals surface area contributed by atoms with Gasteiger partial charge in [-0.15, -0.1) is 0 Å². The molecule has 21 heavy (non-hydrogen) atoms. The molecule has 0 radical (unpaired) electrons. The monoisotopic (exact) mass is 378 g/mol. The predicted molar refractivity (Wildman–Crippen MR) is 84.9 cm³/mol. The van der Waals surface area contributed by atoms with E-state index >= 15 is 0 Å². The predicted octanol–water partition coefficient (Wildman–Crippen LogP) is 3.37. The van der Waals surface area contributed by atoms with Gasteiger partial charge in [-0.05, 0) is 53.2 Å². The standard InChI is InChI=1S/C14H20BrFN2O2S/c1-2-10-4-3-6-18(7-5-10)21(19,20)14-9-13(17)11(15)8-12(14)16/h8-10H,2-7,17H2,1H3. The molecule has 0 aromatic heterocycles. The van der Waals surface area contributed by atoms with Crippen LogP contribution in [0.4, 0.5) is 10.1 Å². The van der Waals surface area contributed by atoms with E-state index in [2.05, 4.69) is 22.9 Å². The number of nitrogen functional groups attached to an aromatic ring is 1. The van der Waals surface area contributed by atoms with Gasteiger partial charge in [0.2, 0.25) is 10.0 Å². The molecule has 2 rings (SSSR count). The Labute approximate surface area is 133 Å². The average molecular weight is 379 g/mol. The highest BCUT2D eigenvalue weighted by Gasteiger charge is 2.30. The van der Waals surface area contributed by atoms with Crippen LogP contribution in [0.1, 0.15) is 32.6 Å². The number of nitrogens with two attached hydrogens (primary N) is 1. The molecule has 0 aliphatic carbocycles. The van der Waals surface area contributed by atoms with Crippen LogP contribution < -0.4 is 5.73 Å². The van der Waals surface area contributed by atoms with E-state index in [1.165, 1.54) is 10.4 Å². The average Bonchev–Trinajstić information content (AvgIpc) is 2.68. The second kappa shape index (κ2) is 6.62. The van der Waals surface area contributed by atoms with Crippen LogP contribution in [0, 0.1) is 11.7 Å². The highest BCUT2D eigenvalue weighted by atomic mass is 79.9. The molecule has 0 bridgehead atoms. The number of hydrogen-bond donors (Lipinski definition) is 1. The Morgan fingerprint density at radius 1 is 1.38 bits per heavy atom. The fourth-order valence-corrected chi connectivity index (χ4v) is 4.56. The molecule has 1 saturated heterocycles. The van der Waals surface area contributed by atoms with Crippen molar-refractivity contribution in [3.05, 3.63) is 22.4 Å². The molecule has 1 unspecified atom stereocenters. The second-order valence-electron chi connectivity index (χ2n) is 5.41. The smallest absolute Gasteiger partial charge is 0.246 e. The fraction of sp³-hybridized carbons (Fsp3) is 0.571. The summed E-state index contributed by atoms with van der Waals surface area (Å²) in [5.41, 5.74) is 5.91. The van der Waals surface area contributed by atoms with Gasteiger partial charge >= 0.3 is 0 Å². The molecule has 0 saturated carbocycles. The Kier molecular flexibility index (Phi) is 5.27. The minimum Gasteiger partial charge on any atom is -0.398 e. The zero-order valence-corrected chi connectivity index (χ0v) is 14.4. The van der Waals surface area contributed by atoms with Crippen LogP contribution >= 0.6 is 15.9 Å². The third kappa shape index (κ3) is 3.57. The quantitative estimate of drug-likeness (QED) is 0.819.